The molecular weight excluding hydrogens is 416 g/mol. The van der Waals surface area contributed by atoms with E-state index in [9.17, 15) is 9.59 Å². The molecule has 7 heteroatoms. The van der Waals surface area contributed by atoms with Gasteiger partial charge in [-0.25, -0.2) is 4.68 Å². The number of fused-ring (bicyclic) bond motifs is 1. The van der Waals surface area contributed by atoms with Crippen LogP contribution in [0.4, 0.5) is 0 Å². The summed E-state index contributed by atoms with van der Waals surface area (Å²) in [6.07, 6.45) is 2.15. The van der Waals surface area contributed by atoms with Gasteiger partial charge in [0.05, 0.1) is 24.6 Å². The molecule has 3 aromatic rings. The van der Waals surface area contributed by atoms with Crippen molar-refractivity contribution in [3.8, 4) is 0 Å². The van der Waals surface area contributed by atoms with Crippen LogP contribution < -0.4 is 5.56 Å². The highest BCUT2D eigenvalue weighted by atomic mass is 16.5. The van der Waals surface area contributed by atoms with Crippen LogP contribution in [0.5, 0.6) is 0 Å². The van der Waals surface area contributed by atoms with Crippen molar-refractivity contribution in [2.75, 3.05) is 32.8 Å². The molecule has 5 rings (SSSR count). The number of nitrogens with zero attached hydrogens (tertiary/aromatic N) is 4. The van der Waals surface area contributed by atoms with E-state index in [4.69, 9.17) is 4.74 Å². The van der Waals surface area contributed by atoms with Crippen LogP contribution in [0.15, 0.2) is 59.4 Å². The second-order valence-electron chi connectivity index (χ2n) is 9.04. The van der Waals surface area contributed by atoms with E-state index in [-0.39, 0.29) is 17.6 Å². The molecule has 2 fully saturated rings. The Kier molecular flexibility index (Phi) is 6.24. The number of hydrogen-bond acceptors (Lipinski definition) is 5. The predicted octanol–water partition coefficient (Wildman–Crippen LogP) is 2.77. The fourth-order valence-electron chi connectivity index (χ4n) is 5.02. The lowest BCUT2D eigenvalue weighted by Crippen LogP contribution is -2.52. The molecular formula is C26H30N4O3. The van der Waals surface area contributed by atoms with Crippen LogP contribution in [0.1, 0.15) is 35.8 Å². The first-order chi connectivity index (χ1) is 16.1. The summed E-state index contributed by atoms with van der Waals surface area (Å²) in [5.41, 5.74) is 1.16. The van der Waals surface area contributed by atoms with Crippen LogP contribution >= 0.6 is 0 Å². The maximum Gasteiger partial charge on any atom is 0.274 e. The Hall–Kier alpha value is -3.03. The zero-order chi connectivity index (χ0) is 22.8. The first kappa shape index (κ1) is 21.8. The number of morpholine rings is 1. The highest BCUT2D eigenvalue weighted by Gasteiger charge is 2.31. The molecule has 0 radical (unpaired) electrons. The summed E-state index contributed by atoms with van der Waals surface area (Å²) in [6.45, 7) is 6.54. The van der Waals surface area contributed by atoms with E-state index in [0.29, 0.717) is 42.1 Å². The van der Waals surface area contributed by atoms with E-state index >= 15 is 0 Å². The van der Waals surface area contributed by atoms with Crippen LogP contribution in [-0.2, 0) is 11.3 Å². The lowest BCUT2D eigenvalue weighted by atomic mass is 10.0. The summed E-state index contributed by atoms with van der Waals surface area (Å²) >= 11 is 0. The largest absolute Gasteiger partial charge is 0.376 e. The minimum absolute atomic E-state index is 0.0955. The Morgan fingerprint density at radius 1 is 1.00 bits per heavy atom. The zero-order valence-electron chi connectivity index (χ0n) is 19.0. The van der Waals surface area contributed by atoms with Gasteiger partial charge in [-0.2, -0.15) is 5.10 Å². The molecule has 3 heterocycles. The Morgan fingerprint density at radius 3 is 2.42 bits per heavy atom. The normalized spacial score (nSPS) is 20.3. The van der Waals surface area contributed by atoms with Gasteiger partial charge in [-0.15, -0.1) is 0 Å². The van der Waals surface area contributed by atoms with Crippen molar-refractivity contribution in [2.45, 2.75) is 38.5 Å². The first-order valence-corrected chi connectivity index (χ1v) is 11.8. The van der Waals surface area contributed by atoms with Crippen molar-refractivity contribution < 1.29 is 9.53 Å². The van der Waals surface area contributed by atoms with Crippen LogP contribution in [0.3, 0.4) is 0 Å². The average molecular weight is 447 g/mol. The second-order valence-corrected chi connectivity index (χ2v) is 9.04. The lowest BCUT2D eigenvalue weighted by Gasteiger charge is -2.41. The molecule has 0 bridgehead atoms. The molecule has 2 aliphatic rings. The van der Waals surface area contributed by atoms with Crippen molar-refractivity contribution in [2.24, 2.45) is 0 Å². The molecule has 1 aromatic heterocycles. The minimum atomic E-state index is -0.175. The summed E-state index contributed by atoms with van der Waals surface area (Å²) < 4.78 is 7.10. The van der Waals surface area contributed by atoms with Crippen LogP contribution in [0.2, 0.25) is 0 Å². The number of benzene rings is 2. The monoisotopic (exact) mass is 446 g/mol. The fraction of sp³-hybridized carbons (Fsp3) is 0.423. The van der Waals surface area contributed by atoms with Crippen molar-refractivity contribution in [1.82, 2.24) is 19.6 Å². The number of hydrogen-bond donors (Lipinski definition) is 0. The van der Waals surface area contributed by atoms with E-state index in [0.717, 1.165) is 38.1 Å². The number of piperidine rings is 1. The van der Waals surface area contributed by atoms with Gasteiger partial charge in [0.15, 0.2) is 5.69 Å². The standard InChI is InChI=1S/C26H30N4O3/c1-19-17-29(15-16-33-19)21-11-13-28(14-12-21)26(32)24-22-9-5-6-10-23(22)25(31)30(27-24)18-20-7-3-2-4-8-20/h2-10,19,21H,11-18H2,1H3. The van der Waals surface area contributed by atoms with Gasteiger partial charge in [0, 0.05) is 37.6 Å². The van der Waals surface area contributed by atoms with Gasteiger partial charge < -0.3 is 9.64 Å². The number of aromatic nitrogens is 2. The van der Waals surface area contributed by atoms with Gasteiger partial charge in [0.2, 0.25) is 0 Å². The molecule has 2 saturated heterocycles. The van der Waals surface area contributed by atoms with E-state index in [1.807, 2.05) is 53.4 Å². The Labute approximate surface area is 193 Å². The summed E-state index contributed by atoms with van der Waals surface area (Å²) in [4.78, 5) is 31.1. The van der Waals surface area contributed by atoms with Gasteiger partial charge in [-0.05, 0) is 31.4 Å². The van der Waals surface area contributed by atoms with Gasteiger partial charge in [0.25, 0.3) is 11.5 Å². The smallest absolute Gasteiger partial charge is 0.274 e. The Balaban J connectivity index is 1.39. The fourth-order valence-corrected chi connectivity index (χ4v) is 5.02. The molecule has 7 nitrogen and oxygen atoms in total. The van der Waals surface area contributed by atoms with Crippen molar-refractivity contribution in [3.05, 3.63) is 76.2 Å². The number of amides is 1. The summed E-state index contributed by atoms with van der Waals surface area (Å²) in [5.74, 6) is -0.0955. The number of likely N-dealkylation sites (tertiary alicyclic amines) is 1. The molecule has 0 N–H and O–H groups in total. The maximum absolute atomic E-state index is 13.6. The SMILES string of the molecule is CC1CN(C2CCN(C(=O)c3nn(Cc4ccccc4)c(=O)c4ccccc34)CC2)CCO1. The summed E-state index contributed by atoms with van der Waals surface area (Å²) in [7, 11) is 0. The topological polar surface area (TPSA) is 67.7 Å². The third-order valence-corrected chi connectivity index (χ3v) is 6.79. The molecule has 1 atom stereocenters. The Bertz CT molecular complexity index is 1190. The third-order valence-electron chi connectivity index (χ3n) is 6.79. The molecule has 2 aliphatic heterocycles. The lowest BCUT2D eigenvalue weighted by molar-refractivity contribution is -0.0424. The van der Waals surface area contributed by atoms with Gasteiger partial charge in [0.1, 0.15) is 0 Å². The minimum Gasteiger partial charge on any atom is -0.376 e. The molecule has 2 aromatic carbocycles. The molecule has 33 heavy (non-hydrogen) atoms. The number of carbonyl (C=O) groups is 1. The third kappa shape index (κ3) is 4.56. The molecule has 1 amide bonds. The second kappa shape index (κ2) is 9.45. The summed E-state index contributed by atoms with van der Waals surface area (Å²) in [5, 5.41) is 5.73. The first-order valence-electron chi connectivity index (χ1n) is 11.8. The number of rotatable bonds is 4. The van der Waals surface area contributed by atoms with Crippen LogP contribution in [-0.4, -0.2) is 70.4 Å². The van der Waals surface area contributed by atoms with Gasteiger partial charge in [-0.1, -0.05) is 48.5 Å². The average Bonchev–Trinajstić information content (AvgIpc) is 2.86. The maximum atomic E-state index is 13.6. The molecule has 0 spiro atoms. The number of carbonyl (C=O) groups excluding carboxylic acids is 1. The van der Waals surface area contributed by atoms with Gasteiger partial charge >= 0.3 is 0 Å². The zero-order valence-corrected chi connectivity index (χ0v) is 19.0. The highest BCUT2D eigenvalue weighted by Crippen LogP contribution is 2.22. The molecule has 0 aliphatic carbocycles. The van der Waals surface area contributed by atoms with Crippen LogP contribution in [0, 0.1) is 0 Å². The molecule has 1 unspecified atom stereocenters. The number of ether oxygens (including phenoxy) is 1. The highest BCUT2D eigenvalue weighted by molar-refractivity contribution is 6.04. The van der Waals surface area contributed by atoms with Crippen molar-refractivity contribution >= 4 is 16.7 Å². The Morgan fingerprint density at radius 2 is 1.70 bits per heavy atom. The van der Waals surface area contributed by atoms with Gasteiger partial charge in [-0.3, -0.25) is 14.5 Å². The summed E-state index contributed by atoms with van der Waals surface area (Å²) in [6, 6.07) is 17.5. The van der Waals surface area contributed by atoms with E-state index in [1.165, 1.54) is 4.68 Å². The molecule has 172 valence electrons. The van der Waals surface area contributed by atoms with Crippen molar-refractivity contribution in [3.63, 3.8) is 0 Å². The van der Waals surface area contributed by atoms with Crippen molar-refractivity contribution in [1.29, 1.82) is 0 Å². The van der Waals surface area contributed by atoms with E-state index < -0.39 is 0 Å². The quantitative estimate of drug-likeness (QED) is 0.617. The molecule has 0 saturated carbocycles. The predicted molar refractivity (Wildman–Crippen MR) is 127 cm³/mol. The van der Waals surface area contributed by atoms with E-state index in [2.05, 4.69) is 16.9 Å². The van der Waals surface area contributed by atoms with E-state index in [1.54, 1.807) is 6.07 Å². The van der Waals surface area contributed by atoms with Crippen LogP contribution in [0.25, 0.3) is 10.8 Å².